The van der Waals surface area contributed by atoms with E-state index in [0.29, 0.717) is 19.5 Å². The van der Waals surface area contributed by atoms with Crippen LogP contribution < -0.4 is 5.73 Å². The van der Waals surface area contributed by atoms with Crippen LogP contribution >= 0.6 is 0 Å². The third kappa shape index (κ3) is 6.66. The van der Waals surface area contributed by atoms with Crippen LogP contribution in [0.25, 0.3) is 0 Å². The number of unbranched alkanes of at least 4 members (excludes halogenated alkanes) is 3. The zero-order valence-corrected chi connectivity index (χ0v) is 12.6. The zero-order valence-electron chi connectivity index (χ0n) is 12.6. The molecular weight excluding hydrogens is 250 g/mol. The molecule has 20 heavy (non-hydrogen) atoms. The normalized spacial score (nSPS) is 10.5. The van der Waals surface area contributed by atoms with Crippen molar-refractivity contribution in [1.82, 2.24) is 9.88 Å². The van der Waals surface area contributed by atoms with Crippen molar-refractivity contribution in [2.24, 2.45) is 5.73 Å². The van der Waals surface area contributed by atoms with Gasteiger partial charge in [0.2, 0.25) is 5.91 Å². The van der Waals surface area contributed by atoms with Gasteiger partial charge in [0.1, 0.15) is 0 Å². The number of carbonyl (C=O) groups excluding carboxylic acids is 1. The number of hydrogen-bond acceptors (Lipinski definition) is 3. The number of hydrogen-bond donors (Lipinski definition) is 1. The van der Waals surface area contributed by atoms with E-state index in [0.717, 1.165) is 31.4 Å². The quantitative estimate of drug-likeness (QED) is 0.669. The Labute approximate surface area is 122 Å². The van der Waals surface area contributed by atoms with Gasteiger partial charge < -0.3 is 10.6 Å². The maximum Gasteiger partial charge on any atom is 0.222 e. The second-order valence-electron chi connectivity index (χ2n) is 5.13. The molecule has 4 nitrogen and oxygen atoms in total. The number of aromatic nitrogens is 1. The molecule has 0 saturated carbocycles. The molecule has 0 saturated heterocycles. The van der Waals surface area contributed by atoms with E-state index in [1.165, 1.54) is 12.8 Å². The van der Waals surface area contributed by atoms with Gasteiger partial charge in [-0.15, -0.1) is 0 Å². The Hall–Kier alpha value is -1.42. The van der Waals surface area contributed by atoms with E-state index in [1.807, 2.05) is 23.2 Å². The average Bonchev–Trinajstić information content (AvgIpc) is 2.48. The van der Waals surface area contributed by atoms with Crippen LogP contribution in [0, 0.1) is 0 Å². The van der Waals surface area contributed by atoms with E-state index in [2.05, 4.69) is 11.9 Å². The highest BCUT2D eigenvalue weighted by molar-refractivity contribution is 5.76. The second-order valence-corrected chi connectivity index (χ2v) is 5.13. The fourth-order valence-electron chi connectivity index (χ4n) is 2.15. The summed E-state index contributed by atoms with van der Waals surface area (Å²) in [5.41, 5.74) is 6.64. The van der Waals surface area contributed by atoms with Crippen LogP contribution in [-0.4, -0.2) is 28.9 Å². The Morgan fingerprint density at radius 1 is 1.30 bits per heavy atom. The van der Waals surface area contributed by atoms with E-state index in [1.54, 1.807) is 6.20 Å². The number of nitrogens with two attached hydrogens (primary N) is 1. The fourth-order valence-corrected chi connectivity index (χ4v) is 2.15. The zero-order chi connectivity index (χ0) is 14.6. The van der Waals surface area contributed by atoms with Gasteiger partial charge in [0.15, 0.2) is 0 Å². The molecule has 0 aliphatic rings. The minimum absolute atomic E-state index is 0.235. The first-order valence-corrected chi connectivity index (χ1v) is 7.64. The Bertz CT molecular complexity index is 367. The van der Waals surface area contributed by atoms with Crippen molar-refractivity contribution >= 4 is 5.91 Å². The lowest BCUT2D eigenvalue weighted by atomic mass is 10.1. The third-order valence-corrected chi connectivity index (χ3v) is 3.33. The van der Waals surface area contributed by atoms with Gasteiger partial charge in [0.25, 0.3) is 0 Å². The smallest absolute Gasteiger partial charge is 0.222 e. The van der Waals surface area contributed by atoms with E-state index in [4.69, 9.17) is 5.73 Å². The van der Waals surface area contributed by atoms with Gasteiger partial charge in [-0.2, -0.15) is 0 Å². The van der Waals surface area contributed by atoms with Crippen molar-refractivity contribution in [2.45, 2.75) is 52.0 Å². The molecule has 0 radical (unpaired) electrons. The number of rotatable bonds is 10. The molecule has 0 aromatic carbocycles. The van der Waals surface area contributed by atoms with E-state index in [9.17, 15) is 4.79 Å². The molecule has 0 atom stereocenters. The summed E-state index contributed by atoms with van der Waals surface area (Å²) >= 11 is 0. The molecule has 1 aromatic rings. The lowest BCUT2D eigenvalue weighted by molar-refractivity contribution is -0.132. The van der Waals surface area contributed by atoms with Crippen LogP contribution in [0.15, 0.2) is 24.5 Å². The van der Waals surface area contributed by atoms with Crippen LogP contribution in [0.3, 0.4) is 0 Å². The minimum Gasteiger partial charge on any atom is -0.338 e. The molecule has 4 heteroatoms. The first-order chi connectivity index (χ1) is 9.77. The summed E-state index contributed by atoms with van der Waals surface area (Å²) in [6.07, 6.45) is 9.59. The molecule has 2 N–H and O–H groups in total. The molecule has 0 aliphatic heterocycles. The lowest BCUT2D eigenvalue weighted by Crippen LogP contribution is -2.32. The molecular formula is C16H27N3O. The molecule has 0 bridgehead atoms. The molecule has 0 spiro atoms. The highest BCUT2D eigenvalue weighted by Crippen LogP contribution is 2.09. The number of nitrogens with zero attached hydrogens (tertiary/aromatic N) is 2. The predicted octanol–water partition coefficient (Wildman–Crippen LogP) is 2.73. The summed E-state index contributed by atoms with van der Waals surface area (Å²) in [4.78, 5) is 18.3. The largest absolute Gasteiger partial charge is 0.338 e. The van der Waals surface area contributed by atoms with Gasteiger partial charge in [-0.3, -0.25) is 9.78 Å². The van der Waals surface area contributed by atoms with E-state index < -0.39 is 0 Å². The maximum absolute atomic E-state index is 12.3. The van der Waals surface area contributed by atoms with Crippen molar-refractivity contribution in [3.63, 3.8) is 0 Å². The van der Waals surface area contributed by atoms with Gasteiger partial charge >= 0.3 is 0 Å². The monoisotopic (exact) mass is 277 g/mol. The average molecular weight is 277 g/mol. The Kier molecular flexibility index (Phi) is 8.63. The molecule has 1 aromatic heterocycles. The molecule has 112 valence electrons. The van der Waals surface area contributed by atoms with Gasteiger partial charge in [0, 0.05) is 31.9 Å². The van der Waals surface area contributed by atoms with Gasteiger partial charge in [-0.1, -0.05) is 32.3 Å². The summed E-state index contributed by atoms with van der Waals surface area (Å²) in [6, 6.07) is 3.91. The predicted molar refractivity (Wildman–Crippen MR) is 82.1 cm³/mol. The fraction of sp³-hybridized carbons (Fsp3) is 0.625. The number of amides is 1. The van der Waals surface area contributed by atoms with Crippen molar-refractivity contribution in [3.05, 3.63) is 30.1 Å². The summed E-state index contributed by atoms with van der Waals surface area (Å²) in [5, 5.41) is 0. The summed E-state index contributed by atoms with van der Waals surface area (Å²) < 4.78 is 0. The summed E-state index contributed by atoms with van der Waals surface area (Å²) in [7, 11) is 0. The van der Waals surface area contributed by atoms with Gasteiger partial charge in [0.05, 0.1) is 0 Å². The minimum atomic E-state index is 0.235. The lowest BCUT2D eigenvalue weighted by Gasteiger charge is -2.22. The topological polar surface area (TPSA) is 59.2 Å². The molecule has 1 rings (SSSR count). The molecule has 1 amide bonds. The molecule has 0 unspecified atom stereocenters. The van der Waals surface area contributed by atoms with Crippen molar-refractivity contribution in [3.8, 4) is 0 Å². The van der Waals surface area contributed by atoms with Gasteiger partial charge in [-0.05, 0) is 31.0 Å². The van der Waals surface area contributed by atoms with Crippen LogP contribution in [0.5, 0.6) is 0 Å². The van der Waals surface area contributed by atoms with Crippen molar-refractivity contribution < 1.29 is 4.79 Å². The van der Waals surface area contributed by atoms with Crippen molar-refractivity contribution in [2.75, 3.05) is 13.1 Å². The first-order valence-electron chi connectivity index (χ1n) is 7.64. The molecule has 0 fully saturated rings. The Balaban J connectivity index is 2.47. The SMILES string of the molecule is CCCCCCC(=O)N(CCCN)Cc1cccnc1. The Morgan fingerprint density at radius 2 is 2.15 bits per heavy atom. The maximum atomic E-state index is 12.3. The van der Waals surface area contributed by atoms with Crippen molar-refractivity contribution in [1.29, 1.82) is 0 Å². The standard InChI is InChI=1S/C16H27N3O/c1-2-3-4-5-9-16(20)19(12-7-10-17)14-15-8-6-11-18-13-15/h6,8,11,13H,2-5,7,9-10,12,14,17H2,1H3. The molecule has 1 heterocycles. The number of pyridine rings is 1. The van der Waals surface area contributed by atoms with Crippen LogP contribution in [0.2, 0.25) is 0 Å². The van der Waals surface area contributed by atoms with Crippen LogP contribution in [-0.2, 0) is 11.3 Å². The van der Waals surface area contributed by atoms with Crippen LogP contribution in [0.4, 0.5) is 0 Å². The summed E-state index contributed by atoms with van der Waals surface area (Å²) in [5.74, 6) is 0.235. The highest BCUT2D eigenvalue weighted by atomic mass is 16.2. The van der Waals surface area contributed by atoms with E-state index >= 15 is 0 Å². The summed E-state index contributed by atoms with van der Waals surface area (Å²) in [6.45, 7) is 4.17. The first kappa shape index (κ1) is 16.6. The second kappa shape index (κ2) is 10.4. The van der Waals surface area contributed by atoms with Gasteiger partial charge in [-0.25, -0.2) is 0 Å². The van der Waals surface area contributed by atoms with Crippen LogP contribution in [0.1, 0.15) is 51.0 Å². The number of carbonyl (C=O) groups is 1. The highest BCUT2D eigenvalue weighted by Gasteiger charge is 2.13. The Morgan fingerprint density at radius 3 is 2.80 bits per heavy atom. The van der Waals surface area contributed by atoms with E-state index in [-0.39, 0.29) is 5.91 Å². The third-order valence-electron chi connectivity index (χ3n) is 3.33. The molecule has 0 aliphatic carbocycles.